The van der Waals surface area contributed by atoms with Gasteiger partial charge in [-0.2, -0.15) is 4.31 Å². The van der Waals surface area contributed by atoms with E-state index in [-0.39, 0.29) is 6.04 Å². The fraction of sp³-hybridized carbons (Fsp3) is 0.714. The highest BCUT2D eigenvalue weighted by molar-refractivity contribution is 7.89. The minimum absolute atomic E-state index is 0.249. The van der Waals surface area contributed by atoms with Crippen LogP contribution in [0.1, 0.15) is 26.5 Å². The lowest BCUT2D eigenvalue weighted by atomic mass is 10.2. The molecule has 0 amide bonds. The number of likely N-dealkylation sites (N-methyl/N-ethyl adjacent to an activating group) is 1. The molecule has 7 heteroatoms. The van der Waals surface area contributed by atoms with Gasteiger partial charge in [0, 0.05) is 44.1 Å². The third-order valence-electron chi connectivity index (χ3n) is 4.21. The number of hydrogen-bond acceptors (Lipinski definition) is 3. The van der Waals surface area contributed by atoms with Crippen molar-refractivity contribution in [1.82, 2.24) is 13.8 Å². The van der Waals surface area contributed by atoms with Crippen LogP contribution in [-0.2, 0) is 22.4 Å². The molecule has 1 fully saturated rings. The van der Waals surface area contributed by atoms with E-state index in [1.54, 1.807) is 16.6 Å². The van der Waals surface area contributed by atoms with E-state index in [4.69, 9.17) is 11.6 Å². The van der Waals surface area contributed by atoms with Crippen molar-refractivity contribution in [1.29, 1.82) is 0 Å². The van der Waals surface area contributed by atoms with Gasteiger partial charge in [0.2, 0.25) is 10.0 Å². The molecule has 0 aliphatic carbocycles. The highest BCUT2D eigenvalue weighted by Gasteiger charge is 2.32. The van der Waals surface area contributed by atoms with Crippen molar-refractivity contribution in [3.05, 3.63) is 18.0 Å². The monoisotopic (exact) mass is 333 g/mol. The van der Waals surface area contributed by atoms with Gasteiger partial charge in [0.15, 0.2) is 0 Å². The van der Waals surface area contributed by atoms with Gasteiger partial charge in [-0.25, -0.2) is 8.42 Å². The second kappa shape index (κ2) is 6.69. The number of rotatable bonds is 5. The zero-order valence-electron chi connectivity index (χ0n) is 12.9. The first-order valence-electron chi connectivity index (χ1n) is 7.43. The number of hydrogen-bond donors (Lipinski definition) is 0. The number of aromatic nitrogens is 1. The van der Waals surface area contributed by atoms with Crippen LogP contribution in [0.4, 0.5) is 0 Å². The molecule has 1 atom stereocenters. The van der Waals surface area contributed by atoms with Gasteiger partial charge in [-0.05, 0) is 26.5 Å². The third kappa shape index (κ3) is 3.28. The van der Waals surface area contributed by atoms with Crippen molar-refractivity contribution in [2.24, 2.45) is 0 Å². The third-order valence-corrected chi connectivity index (χ3v) is 6.31. The molecule has 120 valence electrons. The molecule has 0 N–H and O–H groups in total. The van der Waals surface area contributed by atoms with E-state index in [1.165, 1.54) is 0 Å². The Bertz CT molecular complexity index is 564. The van der Waals surface area contributed by atoms with E-state index in [1.807, 2.05) is 11.5 Å². The molecule has 1 aliphatic rings. The predicted molar refractivity (Wildman–Crippen MR) is 85.1 cm³/mol. The number of aryl methyl sites for hydroxylation is 1. The Morgan fingerprint density at radius 2 is 2.00 bits per heavy atom. The quantitative estimate of drug-likeness (QED) is 0.774. The van der Waals surface area contributed by atoms with Crippen LogP contribution >= 0.6 is 11.6 Å². The second-order valence-corrected chi connectivity index (χ2v) is 7.63. The lowest BCUT2D eigenvalue weighted by Gasteiger charge is -2.38. The summed E-state index contributed by atoms with van der Waals surface area (Å²) in [4.78, 5) is 2.66. The van der Waals surface area contributed by atoms with Gasteiger partial charge in [-0.1, -0.05) is 6.92 Å². The first-order chi connectivity index (χ1) is 9.93. The molecule has 21 heavy (non-hydrogen) atoms. The summed E-state index contributed by atoms with van der Waals surface area (Å²) in [5.74, 6) is 0.323. The summed E-state index contributed by atoms with van der Waals surface area (Å²) in [7, 11) is -3.42. The Balaban J connectivity index is 2.24. The Morgan fingerprint density at radius 3 is 2.48 bits per heavy atom. The molecule has 1 aromatic heterocycles. The number of nitrogens with zero attached hydrogens (tertiary/aromatic N) is 3. The summed E-state index contributed by atoms with van der Waals surface area (Å²) in [6.07, 6.45) is 1.70. The van der Waals surface area contributed by atoms with Crippen molar-refractivity contribution in [3.8, 4) is 0 Å². The van der Waals surface area contributed by atoms with Crippen LogP contribution in [-0.4, -0.2) is 54.4 Å². The summed E-state index contributed by atoms with van der Waals surface area (Å²) < 4.78 is 29.0. The van der Waals surface area contributed by atoms with E-state index in [0.717, 1.165) is 25.3 Å². The average Bonchev–Trinajstić information content (AvgIpc) is 2.91. The van der Waals surface area contributed by atoms with Crippen LogP contribution in [0.5, 0.6) is 0 Å². The molecule has 2 rings (SSSR count). The van der Waals surface area contributed by atoms with Crippen LogP contribution < -0.4 is 0 Å². The molecule has 0 spiro atoms. The molecular formula is C14H24ClN3O2S. The molecule has 1 aromatic rings. The summed E-state index contributed by atoms with van der Waals surface area (Å²) in [5, 5.41) is 0. The lowest BCUT2D eigenvalue weighted by molar-refractivity contribution is 0.135. The smallest absolute Gasteiger partial charge is 0.244 e. The standard InChI is InChI=1S/C14H24ClN3O2S/c1-4-16-6-7-18(10-12(16)3)21(19,20)14-8-13(9-15)17(5-2)11-14/h8,11-12H,4-7,9-10H2,1-3H3. The fourth-order valence-corrected chi connectivity index (χ4v) is 4.68. The minimum atomic E-state index is -3.42. The van der Waals surface area contributed by atoms with Gasteiger partial charge < -0.3 is 4.57 Å². The summed E-state index contributed by atoms with van der Waals surface area (Å²) in [6.45, 7) is 9.72. The topological polar surface area (TPSA) is 45.6 Å². The summed E-state index contributed by atoms with van der Waals surface area (Å²) in [6, 6.07) is 1.95. The van der Waals surface area contributed by atoms with E-state index in [2.05, 4.69) is 18.7 Å². The number of halogens is 1. The lowest BCUT2D eigenvalue weighted by Crippen LogP contribution is -2.53. The van der Waals surface area contributed by atoms with Gasteiger partial charge in [-0.3, -0.25) is 4.90 Å². The van der Waals surface area contributed by atoms with Crippen molar-refractivity contribution in [3.63, 3.8) is 0 Å². The van der Waals surface area contributed by atoms with Crippen LogP contribution in [0.15, 0.2) is 17.2 Å². The second-order valence-electron chi connectivity index (χ2n) is 5.43. The van der Waals surface area contributed by atoms with Crippen LogP contribution in [0, 0.1) is 0 Å². The van der Waals surface area contributed by atoms with Crippen molar-refractivity contribution in [2.45, 2.75) is 44.1 Å². The Morgan fingerprint density at radius 1 is 1.29 bits per heavy atom. The van der Waals surface area contributed by atoms with Crippen LogP contribution in [0.25, 0.3) is 0 Å². The van der Waals surface area contributed by atoms with Crippen LogP contribution in [0.2, 0.25) is 0 Å². The number of piperazine rings is 1. The van der Waals surface area contributed by atoms with Gasteiger partial charge in [-0.15, -0.1) is 11.6 Å². The van der Waals surface area contributed by atoms with E-state index < -0.39 is 10.0 Å². The Hall–Kier alpha value is -0.560. The molecule has 2 heterocycles. The van der Waals surface area contributed by atoms with Crippen LogP contribution in [0.3, 0.4) is 0 Å². The first-order valence-corrected chi connectivity index (χ1v) is 9.40. The van der Waals surface area contributed by atoms with Gasteiger partial charge >= 0.3 is 0 Å². The van der Waals surface area contributed by atoms with Gasteiger partial charge in [0.25, 0.3) is 0 Å². The number of alkyl halides is 1. The van der Waals surface area contributed by atoms with E-state index >= 15 is 0 Å². The largest absolute Gasteiger partial charge is 0.349 e. The molecule has 0 aromatic carbocycles. The molecule has 0 radical (unpaired) electrons. The van der Waals surface area contributed by atoms with Gasteiger partial charge in [0.05, 0.1) is 5.88 Å². The highest BCUT2D eigenvalue weighted by Crippen LogP contribution is 2.23. The average molecular weight is 334 g/mol. The molecule has 5 nitrogen and oxygen atoms in total. The Labute approximate surface area is 132 Å². The van der Waals surface area contributed by atoms with Crippen molar-refractivity contribution < 1.29 is 8.42 Å². The Kier molecular flexibility index (Phi) is 5.35. The maximum absolute atomic E-state index is 12.8. The molecular weight excluding hydrogens is 310 g/mol. The molecule has 0 saturated carbocycles. The van der Waals surface area contributed by atoms with Crippen molar-refractivity contribution in [2.75, 3.05) is 26.2 Å². The molecule has 1 saturated heterocycles. The zero-order chi connectivity index (χ0) is 15.6. The highest BCUT2D eigenvalue weighted by atomic mass is 35.5. The van der Waals surface area contributed by atoms with Gasteiger partial charge in [0.1, 0.15) is 4.90 Å². The maximum Gasteiger partial charge on any atom is 0.244 e. The molecule has 1 aliphatic heterocycles. The number of sulfonamides is 1. The van der Waals surface area contributed by atoms with E-state index in [9.17, 15) is 8.42 Å². The molecule has 0 bridgehead atoms. The SMILES string of the molecule is CCN1CCN(S(=O)(=O)c2cc(CCl)n(CC)c2)CC1C. The first kappa shape index (κ1) is 16.8. The summed E-state index contributed by atoms with van der Waals surface area (Å²) in [5.41, 5.74) is 0.845. The zero-order valence-corrected chi connectivity index (χ0v) is 14.5. The predicted octanol–water partition coefficient (Wildman–Crippen LogP) is 1.96. The minimum Gasteiger partial charge on any atom is -0.349 e. The fourth-order valence-electron chi connectivity index (χ4n) is 2.87. The van der Waals surface area contributed by atoms with E-state index in [0.29, 0.717) is 23.9 Å². The van der Waals surface area contributed by atoms with Crippen molar-refractivity contribution >= 4 is 21.6 Å². The molecule has 1 unspecified atom stereocenters. The normalized spacial score (nSPS) is 21.8. The summed E-state index contributed by atoms with van der Waals surface area (Å²) >= 11 is 5.89. The maximum atomic E-state index is 12.8.